The van der Waals surface area contributed by atoms with Crippen LogP contribution in [0, 0.1) is 5.41 Å². The number of primary amides is 1. The molecule has 1 saturated carbocycles. The van der Waals surface area contributed by atoms with Gasteiger partial charge in [-0.25, -0.2) is 0 Å². The second-order valence-corrected chi connectivity index (χ2v) is 6.14. The number of nitrogens with one attached hydrogen (secondary N) is 1. The minimum absolute atomic E-state index is 0.0603. The molecule has 0 spiro atoms. The summed E-state index contributed by atoms with van der Waals surface area (Å²) < 4.78 is 0. The smallest absolute Gasteiger partial charge is 0.239 e. The molecule has 18 heavy (non-hydrogen) atoms. The standard InChI is InChI=1S/C13H23N3O2/c1-13(2,12(14)18)8-16-7-3-4-10(11(16)17)15-9-5-6-9/h9-10,15H,3-8H2,1-2H3,(H2,14,18). The minimum Gasteiger partial charge on any atom is -0.369 e. The molecule has 5 nitrogen and oxygen atoms in total. The van der Waals surface area contributed by atoms with E-state index in [0.717, 1.165) is 19.4 Å². The number of amides is 2. The summed E-state index contributed by atoms with van der Waals surface area (Å²) in [5.74, 6) is -0.227. The molecule has 0 aromatic carbocycles. The largest absolute Gasteiger partial charge is 0.369 e. The van der Waals surface area contributed by atoms with Crippen LogP contribution in [0.5, 0.6) is 0 Å². The van der Waals surface area contributed by atoms with Crippen LogP contribution in [-0.4, -0.2) is 41.9 Å². The van der Waals surface area contributed by atoms with E-state index in [1.165, 1.54) is 12.8 Å². The summed E-state index contributed by atoms with van der Waals surface area (Å²) in [5.41, 5.74) is 4.71. The Morgan fingerprint density at radius 1 is 1.44 bits per heavy atom. The molecule has 1 aliphatic heterocycles. The number of nitrogens with zero attached hydrogens (tertiary/aromatic N) is 1. The van der Waals surface area contributed by atoms with Crippen LogP contribution in [-0.2, 0) is 9.59 Å². The first-order valence-corrected chi connectivity index (χ1v) is 6.75. The number of nitrogens with two attached hydrogens (primary N) is 1. The molecular formula is C13H23N3O2. The van der Waals surface area contributed by atoms with E-state index in [4.69, 9.17) is 5.73 Å². The summed E-state index contributed by atoms with van der Waals surface area (Å²) in [5, 5.41) is 3.38. The lowest BCUT2D eigenvalue weighted by Gasteiger charge is -2.36. The Bertz CT molecular complexity index is 350. The first kappa shape index (κ1) is 13.3. The summed E-state index contributed by atoms with van der Waals surface area (Å²) in [6.07, 6.45) is 4.25. The molecule has 102 valence electrons. The number of likely N-dealkylation sites (tertiary alicyclic amines) is 1. The topological polar surface area (TPSA) is 75.4 Å². The highest BCUT2D eigenvalue weighted by molar-refractivity contribution is 5.85. The number of piperidine rings is 1. The van der Waals surface area contributed by atoms with Crippen LogP contribution < -0.4 is 11.1 Å². The van der Waals surface area contributed by atoms with Crippen molar-refractivity contribution in [2.24, 2.45) is 11.1 Å². The Morgan fingerprint density at radius 2 is 2.11 bits per heavy atom. The fourth-order valence-electron chi connectivity index (χ4n) is 2.34. The molecule has 2 aliphatic rings. The van der Waals surface area contributed by atoms with Crippen LogP contribution in [0.25, 0.3) is 0 Å². The third-order valence-electron chi connectivity index (χ3n) is 3.80. The maximum Gasteiger partial charge on any atom is 0.239 e. The van der Waals surface area contributed by atoms with Gasteiger partial charge < -0.3 is 16.0 Å². The molecule has 0 bridgehead atoms. The van der Waals surface area contributed by atoms with Crippen LogP contribution in [0.3, 0.4) is 0 Å². The lowest BCUT2D eigenvalue weighted by atomic mass is 9.90. The maximum atomic E-state index is 12.3. The van der Waals surface area contributed by atoms with Gasteiger partial charge in [-0.15, -0.1) is 0 Å². The van der Waals surface area contributed by atoms with Gasteiger partial charge in [-0.2, -0.15) is 0 Å². The highest BCUT2D eigenvalue weighted by Gasteiger charge is 2.36. The normalized spacial score (nSPS) is 25.3. The molecule has 0 aromatic rings. The lowest BCUT2D eigenvalue weighted by Crippen LogP contribution is -2.54. The van der Waals surface area contributed by atoms with E-state index in [1.54, 1.807) is 18.7 Å². The van der Waals surface area contributed by atoms with Crippen LogP contribution >= 0.6 is 0 Å². The molecule has 0 aromatic heterocycles. The Morgan fingerprint density at radius 3 is 2.67 bits per heavy atom. The van der Waals surface area contributed by atoms with Gasteiger partial charge in [-0.1, -0.05) is 0 Å². The van der Waals surface area contributed by atoms with Crippen molar-refractivity contribution in [3.8, 4) is 0 Å². The van der Waals surface area contributed by atoms with Crippen molar-refractivity contribution in [1.29, 1.82) is 0 Å². The van der Waals surface area contributed by atoms with E-state index in [9.17, 15) is 9.59 Å². The summed E-state index contributed by atoms with van der Waals surface area (Å²) in [7, 11) is 0. The van der Waals surface area contributed by atoms with Crippen molar-refractivity contribution < 1.29 is 9.59 Å². The predicted molar refractivity (Wildman–Crippen MR) is 68.7 cm³/mol. The van der Waals surface area contributed by atoms with Crippen molar-refractivity contribution in [2.45, 2.75) is 51.6 Å². The van der Waals surface area contributed by atoms with E-state index in [1.807, 2.05) is 0 Å². The van der Waals surface area contributed by atoms with E-state index in [0.29, 0.717) is 12.6 Å². The molecule has 1 unspecified atom stereocenters. The van der Waals surface area contributed by atoms with Crippen molar-refractivity contribution >= 4 is 11.8 Å². The van der Waals surface area contributed by atoms with Gasteiger partial charge in [0.25, 0.3) is 0 Å². The second-order valence-electron chi connectivity index (χ2n) is 6.14. The Labute approximate surface area is 108 Å². The molecule has 1 heterocycles. The third-order valence-corrected chi connectivity index (χ3v) is 3.80. The fourth-order valence-corrected chi connectivity index (χ4v) is 2.34. The van der Waals surface area contributed by atoms with Crippen LogP contribution in [0.2, 0.25) is 0 Å². The van der Waals surface area contributed by atoms with Crippen molar-refractivity contribution in [3.05, 3.63) is 0 Å². The highest BCUT2D eigenvalue weighted by Crippen LogP contribution is 2.24. The number of carbonyl (C=O) groups excluding carboxylic acids is 2. The average Bonchev–Trinajstić information content (AvgIpc) is 3.07. The Balaban J connectivity index is 1.95. The van der Waals surface area contributed by atoms with Crippen molar-refractivity contribution in [2.75, 3.05) is 13.1 Å². The zero-order chi connectivity index (χ0) is 13.3. The van der Waals surface area contributed by atoms with E-state index < -0.39 is 5.41 Å². The quantitative estimate of drug-likeness (QED) is 0.737. The molecule has 3 N–H and O–H groups in total. The summed E-state index contributed by atoms with van der Waals surface area (Å²) in [6.45, 7) is 4.74. The maximum absolute atomic E-state index is 12.3. The van der Waals surface area contributed by atoms with Gasteiger partial charge in [0, 0.05) is 19.1 Å². The van der Waals surface area contributed by atoms with E-state index in [-0.39, 0.29) is 17.9 Å². The molecule has 0 radical (unpaired) electrons. The molecule has 2 amide bonds. The van der Waals surface area contributed by atoms with Crippen molar-refractivity contribution in [1.82, 2.24) is 10.2 Å². The fraction of sp³-hybridized carbons (Fsp3) is 0.846. The number of hydrogen-bond acceptors (Lipinski definition) is 3. The SMILES string of the molecule is CC(C)(CN1CCCC(NC2CC2)C1=O)C(N)=O. The minimum atomic E-state index is -0.656. The Kier molecular flexibility index (Phi) is 3.61. The van der Waals surface area contributed by atoms with E-state index >= 15 is 0 Å². The monoisotopic (exact) mass is 253 g/mol. The average molecular weight is 253 g/mol. The predicted octanol–water partition coefficient (Wildman–Crippen LogP) is 0.241. The van der Waals surface area contributed by atoms with Gasteiger partial charge in [-0.05, 0) is 39.5 Å². The summed E-state index contributed by atoms with van der Waals surface area (Å²) in [6, 6.07) is 0.470. The summed E-state index contributed by atoms with van der Waals surface area (Å²) in [4.78, 5) is 25.4. The summed E-state index contributed by atoms with van der Waals surface area (Å²) >= 11 is 0. The van der Waals surface area contributed by atoms with Gasteiger partial charge in [-0.3, -0.25) is 9.59 Å². The first-order chi connectivity index (χ1) is 8.40. The molecule has 2 rings (SSSR count). The molecule has 1 aliphatic carbocycles. The van der Waals surface area contributed by atoms with Gasteiger partial charge in [0.05, 0.1) is 11.5 Å². The van der Waals surface area contributed by atoms with Crippen LogP contribution in [0.4, 0.5) is 0 Å². The lowest BCUT2D eigenvalue weighted by molar-refractivity contribution is -0.139. The number of hydrogen-bond donors (Lipinski definition) is 2. The number of rotatable bonds is 5. The van der Waals surface area contributed by atoms with Gasteiger partial charge >= 0.3 is 0 Å². The molecule has 5 heteroatoms. The number of carbonyl (C=O) groups is 2. The third kappa shape index (κ3) is 3.02. The molecule has 1 atom stereocenters. The Hall–Kier alpha value is -1.10. The van der Waals surface area contributed by atoms with Gasteiger partial charge in [0.2, 0.25) is 11.8 Å². The zero-order valence-electron chi connectivity index (χ0n) is 11.2. The van der Waals surface area contributed by atoms with Crippen molar-refractivity contribution in [3.63, 3.8) is 0 Å². The van der Waals surface area contributed by atoms with Gasteiger partial charge in [0.1, 0.15) is 0 Å². The highest BCUT2D eigenvalue weighted by atomic mass is 16.2. The van der Waals surface area contributed by atoms with Gasteiger partial charge in [0.15, 0.2) is 0 Å². The van der Waals surface area contributed by atoms with Crippen LogP contribution in [0.15, 0.2) is 0 Å². The molecular weight excluding hydrogens is 230 g/mol. The van der Waals surface area contributed by atoms with E-state index in [2.05, 4.69) is 5.32 Å². The second kappa shape index (κ2) is 4.88. The first-order valence-electron chi connectivity index (χ1n) is 6.75. The molecule has 2 fully saturated rings. The van der Waals surface area contributed by atoms with Crippen LogP contribution in [0.1, 0.15) is 39.5 Å². The zero-order valence-corrected chi connectivity index (χ0v) is 11.2. The molecule has 1 saturated heterocycles.